The van der Waals surface area contributed by atoms with Gasteiger partial charge in [-0.25, -0.2) is 0 Å². The highest BCUT2D eigenvalue weighted by atomic mass is 19.4. The SMILES string of the molecule is CN(C(=O)c1ccc(CNC(=O)c2cccc(NC(=O)c3ccccc3-c3ccc(C(F)(F)F)cc3)c2)cc1)c1ccccc1. The van der Waals surface area contributed by atoms with E-state index < -0.39 is 17.6 Å². The zero-order valence-electron chi connectivity index (χ0n) is 24.1. The van der Waals surface area contributed by atoms with E-state index >= 15 is 0 Å². The summed E-state index contributed by atoms with van der Waals surface area (Å²) in [5, 5.41) is 5.62. The summed E-state index contributed by atoms with van der Waals surface area (Å²) in [7, 11) is 1.71. The van der Waals surface area contributed by atoms with Crippen LogP contribution in [0.5, 0.6) is 0 Å². The summed E-state index contributed by atoms with van der Waals surface area (Å²) < 4.78 is 39.0. The monoisotopic (exact) mass is 607 g/mol. The summed E-state index contributed by atoms with van der Waals surface area (Å²) in [4.78, 5) is 40.5. The maximum absolute atomic E-state index is 13.2. The second kappa shape index (κ2) is 13.3. The molecule has 0 atom stereocenters. The number of carbonyl (C=O) groups excluding carboxylic acids is 3. The summed E-state index contributed by atoms with van der Waals surface area (Å²) in [6.45, 7) is 0.221. The van der Waals surface area contributed by atoms with E-state index in [1.54, 1.807) is 78.7 Å². The van der Waals surface area contributed by atoms with Gasteiger partial charge in [-0.2, -0.15) is 13.2 Å². The van der Waals surface area contributed by atoms with Crippen LogP contribution >= 0.6 is 0 Å². The average molecular weight is 608 g/mol. The average Bonchev–Trinajstić information content (AvgIpc) is 3.07. The molecule has 9 heteroatoms. The number of para-hydroxylation sites is 1. The Morgan fingerprint density at radius 2 is 1.36 bits per heavy atom. The number of nitrogens with one attached hydrogen (secondary N) is 2. The van der Waals surface area contributed by atoms with Gasteiger partial charge in [0.05, 0.1) is 5.56 Å². The van der Waals surface area contributed by atoms with Crippen LogP contribution in [0.25, 0.3) is 11.1 Å². The molecule has 5 aromatic carbocycles. The minimum Gasteiger partial charge on any atom is -0.348 e. The van der Waals surface area contributed by atoms with Crippen LogP contribution in [-0.4, -0.2) is 24.8 Å². The lowest BCUT2D eigenvalue weighted by atomic mass is 9.98. The van der Waals surface area contributed by atoms with Crippen LogP contribution in [0.1, 0.15) is 42.2 Å². The molecule has 0 aliphatic carbocycles. The molecule has 5 rings (SSSR count). The molecule has 3 amide bonds. The minimum atomic E-state index is -4.46. The first-order valence-electron chi connectivity index (χ1n) is 14.0. The zero-order chi connectivity index (χ0) is 32.0. The summed E-state index contributed by atoms with van der Waals surface area (Å²) in [5.41, 5.74) is 3.21. The van der Waals surface area contributed by atoms with Crippen molar-refractivity contribution in [2.24, 2.45) is 0 Å². The van der Waals surface area contributed by atoms with Gasteiger partial charge in [-0.3, -0.25) is 14.4 Å². The topological polar surface area (TPSA) is 78.5 Å². The maximum Gasteiger partial charge on any atom is 0.416 e. The number of halogens is 3. The number of hydrogen-bond donors (Lipinski definition) is 2. The van der Waals surface area contributed by atoms with Crippen molar-refractivity contribution in [3.05, 3.63) is 155 Å². The van der Waals surface area contributed by atoms with E-state index in [0.29, 0.717) is 27.9 Å². The summed E-state index contributed by atoms with van der Waals surface area (Å²) in [5.74, 6) is -0.992. The molecule has 0 aliphatic heterocycles. The van der Waals surface area contributed by atoms with Crippen molar-refractivity contribution in [1.82, 2.24) is 5.32 Å². The van der Waals surface area contributed by atoms with Crippen LogP contribution in [0, 0.1) is 0 Å². The van der Waals surface area contributed by atoms with Gasteiger partial charge in [0.25, 0.3) is 17.7 Å². The molecule has 0 heterocycles. The second-order valence-electron chi connectivity index (χ2n) is 10.2. The van der Waals surface area contributed by atoms with Crippen LogP contribution < -0.4 is 15.5 Å². The number of alkyl halides is 3. The molecule has 6 nitrogen and oxygen atoms in total. The molecule has 0 unspecified atom stereocenters. The third-order valence-corrected chi connectivity index (χ3v) is 7.18. The third kappa shape index (κ3) is 7.45. The molecule has 0 saturated carbocycles. The Kier molecular flexibility index (Phi) is 9.09. The number of amides is 3. The Labute approximate surface area is 258 Å². The van der Waals surface area contributed by atoms with E-state index in [-0.39, 0.29) is 23.9 Å². The number of hydrogen-bond acceptors (Lipinski definition) is 3. The van der Waals surface area contributed by atoms with Gasteiger partial charge in [-0.15, -0.1) is 0 Å². The first kappa shape index (κ1) is 30.7. The van der Waals surface area contributed by atoms with Gasteiger partial charge in [0.15, 0.2) is 0 Å². The summed E-state index contributed by atoms with van der Waals surface area (Å²) in [6, 6.07) is 33.9. The van der Waals surface area contributed by atoms with Crippen molar-refractivity contribution in [3.63, 3.8) is 0 Å². The predicted octanol–water partition coefficient (Wildman–Crippen LogP) is 7.83. The van der Waals surface area contributed by atoms with Crippen LogP contribution in [0.4, 0.5) is 24.5 Å². The van der Waals surface area contributed by atoms with Crippen molar-refractivity contribution in [2.45, 2.75) is 12.7 Å². The maximum atomic E-state index is 13.2. The molecular weight excluding hydrogens is 579 g/mol. The standard InChI is InChI=1S/C36H28F3N3O3/c1-42(30-10-3-2-4-11-30)35(45)26-16-14-24(15-17-26)23-40-33(43)27-8-7-9-29(22-27)41-34(44)32-13-6-5-12-31(32)25-18-20-28(21-19-25)36(37,38)39/h2-22H,23H2,1H3,(H,40,43)(H,41,44). The van der Waals surface area contributed by atoms with Crippen molar-refractivity contribution in [1.29, 1.82) is 0 Å². The predicted molar refractivity (Wildman–Crippen MR) is 168 cm³/mol. The molecule has 0 saturated heterocycles. The molecule has 0 spiro atoms. The normalized spacial score (nSPS) is 11.0. The Bertz CT molecular complexity index is 1820. The highest BCUT2D eigenvalue weighted by molar-refractivity contribution is 6.09. The lowest BCUT2D eigenvalue weighted by molar-refractivity contribution is -0.137. The van der Waals surface area contributed by atoms with Gasteiger partial charge >= 0.3 is 6.18 Å². The van der Waals surface area contributed by atoms with Crippen LogP contribution in [0.2, 0.25) is 0 Å². The van der Waals surface area contributed by atoms with E-state index in [9.17, 15) is 27.6 Å². The van der Waals surface area contributed by atoms with Gasteiger partial charge in [-0.05, 0) is 77.4 Å². The molecule has 0 bridgehead atoms. The quantitative estimate of drug-likeness (QED) is 0.189. The lowest BCUT2D eigenvalue weighted by Crippen LogP contribution is -2.26. The molecular formula is C36H28F3N3O3. The lowest BCUT2D eigenvalue weighted by Gasteiger charge is -2.17. The van der Waals surface area contributed by atoms with Gasteiger partial charge in [-0.1, -0.05) is 66.7 Å². The molecule has 5 aromatic rings. The molecule has 2 N–H and O–H groups in total. The van der Waals surface area contributed by atoms with Crippen LogP contribution in [0.15, 0.2) is 127 Å². The van der Waals surface area contributed by atoms with E-state index in [2.05, 4.69) is 10.6 Å². The second-order valence-corrected chi connectivity index (χ2v) is 10.2. The van der Waals surface area contributed by atoms with Crippen LogP contribution in [-0.2, 0) is 12.7 Å². The van der Waals surface area contributed by atoms with Crippen molar-refractivity contribution in [2.75, 3.05) is 17.3 Å². The van der Waals surface area contributed by atoms with Crippen LogP contribution in [0.3, 0.4) is 0 Å². The van der Waals surface area contributed by atoms with E-state index in [1.165, 1.54) is 18.2 Å². The third-order valence-electron chi connectivity index (χ3n) is 7.18. The Morgan fingerprint density at radius 1 is 0.689 bits per heavy atom. The Balaban J connectivity index is 1.21. The minimum absolute atomic E-state index is 0.155. The van der Waals surface area contributed by atoms with E-state index in [4.69, 9.17) is 0 Å². The van der Waals surface area contributed by atoms with Gasteiger partial charge in [0, 0.05) is 41.7 Å². The zero-order valence-corrected chi connectivity index (χ0v) is 24.1. The highest BCUT2D eigenvalue weighted by Gasteiger charge is 2.30. The fraction of sp³-hybridized carbons (Fsp3) is 0.0833. The van der Waals surface area contributed by atoms with Crippen molar-refractivity contribution in [3.8, 4) is 11.1 Å². The molecule has 226 valence electrons. The molecule has 0 aromatic heterocycles. The fourth-order valence-corrected chi connectivity index (χ4v) is 4.72. The summed E-state index contributed by atoms with van der Waals surface area (Å²) in [6.07, 6.45) is -4.46. The fourth-order valence-electron chi connectivity index (χ4n) is 4.72. The van der Waals surface area contributed by atoms with Crippen molar-refractivity contribution >= 4 is 29.1 Å². The molecule has 0 fully saturated rings. The molecule has 0 radical (unpaired) electrons. The largest absolute Gasteiger partial charge is 0.416 e. The highest BCUT2D eigenvalue weighted by Crippen LogP contribution is 2.32. The number of benzene rings is 5. The Hall–Kier alpha value is -5.70. The Morgan fingerprint density at radius 3 is 2.04 bits per heavy atom. The number of carbonyl (C=O) groups is 3. The van der Waals surface area contributed by atoms with Gasteiger partial charge < -0.3 is 15.5 Å². The number of nitrogens with zero attached hydrogens (tertiary/aromatic N) is 1. The summed E-state index contributed by atoms with van der Waals surface area (Å²) >= 11 is 0. The van der Waals surface area contributed by atoms with Crippen molar-refractivity contribution < 1.29 is 27.6 Å². The number of rotatable bonds is 8. The van der Waals surface area contributed by atoms with Gasteiger partial charge in [0.1, 0.15) is 0 Å². The first-order chi connectivity index (χ1) is 21.6. The van der Waals surface area contributed by atoms with Gasteiger partial charge in [0.2, 0.25) is 0 Å². The van der Waals surface area contributed by atoms with E-state index in [0.717, 1.165) is 23.4 Å². The van der Waals surface area contributed by atoms with E-state index in [1.807, 2.05) is 30.3 Å². The molecule has 45 heavy (non-hydrogen) atoms. The smallest absolute Gasteiger partial charge is 0.348 e. The first-order valence-corrected chi connectivity index (χ1v) is 14.0. The molecule has 0 aliphatic rings. The number of anilines is 2.